The Balaban J connectivity index is 0.00000180. The van der Waals surface area contributed by atoms with E-state index in [1.807, 2.05) is 12.1 Å². The molecule has 1 saturated heterocycles. The Hall–Kier alpha value is -0.200. The molecule has 0 saturated carbocycles. The van der Waals surface area contributed by atoms with Crippen LogP contribution in [0.4, 0.5) is 0 Å². The number of halogens is 3. The van der Waals surface area contributed by atoms with E-state index in [1.54, 1.807) is 14.2 Å². The van der Waals surface area contributed by atoms with Gasteiger partial charge in [0.25, 0.3) is 0 Å². The summed E-state index contributed by atoms with van der Waals surface area (Å²) in [6.07, 6.45) is 0. The fraction of sp³-hybridized carbons (Fsp3) is 0.538. The van der Waals surface area contributed by atoms with Gasteiger partial charge in [-0.25, -0.2) is 0 Å². The van der Waals surface area contributed by atoms with Gasteiger partial charge in [-0.2, -0.15) is 0 Å². The number of nitrogens with zero attached hydrogens (tertiary/aromatic N) is 1. The number of nitrogens with one attached hydrogen (secondary N) is 1. The van der Waals surface area contributed by atoms with E-state index in [1.165, 1.54) is 5.56 Å². The van der Waals surface area contributed by atoms with E-state index >= 15 is 0 Å². The zero-order chi connectivity index (χ0) is 13.0. The molecule has 0 radical (unpaired) electrons. The maximum absolute atomic E-state index is 5.44. The van der Waals surface area contributed by atoms with Gasteiger partial charge >= 0.3 is 0 Å². The van der Waals surface area contributed by atoms with E-state index in [9.17, 15) is 0 Å². The van der Waals surface area contributed by atoms with Gasteiger partial charge in [0.05, 0.1) is 18.7 Å². The molecule has 1 N–H and O–H groups in total. The number of ether oxygens (including phenoxy) is 2. The monoisotopic (exact) mass is 386 g/mol. The summed E-state index contributed by atoms with van der Waals surface area (Å²) in [5.74, 6) is 1.75. The van der Waals surface area contributed by atoms with Gasteiger partial charge in [0.15, 0.2) is 0 Å². The lowest BCUT2D eigenvalue weighted by Crippen LogP contribution is -2.42. The van der Waals surface area contributed by atoms with E-state index in [0.29, 0.717) is 0 Å². The highest BCUT2D eigenvalue weighted by Crippen LogP contribution is 2.33. The van der Waals surface area contributed by atoms with E-state index in [-0.39, 0.29) is 24.8 Å². The second-order valence-corrected chi connectivity index (χ2v) is 5.18. The van der Waals surface area contributed by atoms with Crippen LogP contribution in [0.2, 0.25) is 0 Å². The molecule has 1 aliphatic heterocycles. The molecule has 0 aromatic heterocycles. The van der Waals surface area contributed by atoms with E-state index < -0.39 is 0 Å². The summed E-state index contributed by atoms with van der Waals surface area (Å²) in [5, 5.41) is 3.36. The Morgan fingerprint density at radius 2 is 1.70 bits per heavy atom. The smallest absolute Gasteiger partial charge is 0.133 e. The van der Waals surface area contributed by atoms with Crippen molar-refractivity contribution >= 4 is 40.7 Å². The summed E-state index contributed by atoms with van der Waals surface area (Å²) in [4.78, 5) is 2.42. The van der Waals surface area contributed by atoms with Crippen LogP contribution >= 0.6 is 40.7 Å². The molecule has 0 aliphatic carbocycles. The number of hydrogen-bond acceptors (Lipinski definition) is 4. The van der Waals surface area contributed by atoms with Crippen molar-refractivity contribution in [2.75, 3.05) is 40.4 Å². The number of methoxy groups -OCH3 is 2. The second-order valence-electron chi connectivity index (χ2n) is 4.32. The minimum absolute atomic E-state index is 0. The van der Waals surface area contributed by atoms with E-state index in [2.05, 4.69) is 26.1 Å². The van der Waals surface area contributed by atoms with Gasteiger partial charge in [-0.1, -0.05) is 0 Å². The zero-order valence-electron chi connectivity index (χ0n) is 11.6. The lowest BCUT2D eigenvalue weighted by molar-refractivity contribution is 0.229. The Morgan fingerprint density at radius 1 is 1.10 bits per heavy atom. The molecule has 7 heteroatoms. The van der Waals surface area contributed by atoms with Crippen molar-refractivity contribution in [3.8, 4) is 11.5 Å². The molecule has 4 nitrogen and oxygen atoms in total. The van der Waals surface area contributed by atoms with Gasteiger partial charge in [0, 0.05) is 38.3 Å². The highest BCUT2D eigenvalue weighted by Gasteiger charge is 2.15. The maximum atomic E-state index is 5.44. The van der Waals surface area contributed by atoms with Crippen molar-refractivity contribution in [2.45, 2.75) is 6.54 Å². The van der Waals surface area contributed by atoms with Crippen molar-refractivity contribution in [1.82, 2.24) is 10.2 Å². The number of benzene rings is 1. The summed E-state index contributed by atoms with van der Waals surface area (Å²) < 4.78 is 11.7. The summed E-state index contributed by atoms with van der Waals surface area (Å²) in [6.45, 7) is 5.14. The molecule has 1 aliphatic rings. The number of piperazine rings is 1. The molecule has 20 heavy (non-hydrogen) atoms. The van der Waals surface area contributed by atoms with Crippen molar-refractivity contribution in [3.63, 3.8) is 0 Å². The van der Waals surface area contributed by atoms with Crippen LogP contribution in [0.1, 0.15) is 5.56 Å². The lowest BCUT2D eigenvalue weighted by atomic mass is 10.1. The molecule has 0 atom stereocenters. The van der Waals surface area contributed by atoms with Gasteiger partial charge in [0.1, 0.15) is 11.5 Å². The number of hydrogen-bond donors (Lipinski definition) is 1. The van der Waals surface area contributed by atoms with Crippen molar-refractivity contribution in [1.29, 1.82) is 0 Å². The molecule has 1 fully saturated rings. The Bertz CT molecular complexity index is 416. The molecule has 116 valence electrons. The largest absolute Gasteiger partial charge is 0.496 e. The van der Waals surface area contributed by atoms with Crippen LogP contribution in [-0.4, -0.2) is 45.3 Å². The quantitative estimate of drug-likeness (QED) is 0.861. The van der Waals surface area contributed by atoms with E-state index in [0.717, 1.165) is 48.7 Å². The van der Waals surface area contributed by atoms with Crippen molar-refractivity contribution in [2.24, 2.45) is 0 Å². The fourth-order valence-electron chi connectivity index (χ4n) is 2.16. The number of rotatable bonds is 4. The second kappa shape index (κ2) is 9.68. The van der Waals surface area contributed by atoms with Gasteiger partial charge < -0.3 is 14.8 Å². The van der Waals surface area contributed by atoms with Crippen LogP contribution in [0, 0.1) is 0 Å². The zero-order valence-corrected chi connectivity index (χ0v) is 14.9. The minimum atomic E-state index is 0. The summed E-state index contributed by atoms with van der Waals surface area (Å²) >= 11 is 3.48. The third-order valence-corrected chi connectivity index (χ3v) is 3.78. The van der Waals surface area contributed by atoms with Crippen molar-refractivity contribution < 1.29 is 9.47 Å². The SMILES string of the molecule is COc1cc(CN2CCNCC2)c(OC)cc1Br.Cl.Cl. The minimum Gasteiger partial charge on any atom is -0.496 e. The third kappa shape index (κ3) is 4.97. The standard InChI is InChI=1S/C13H19BrN2O2.2ClH/c1-17-12-8-11(14)13(18-2)7-10(12)9-16-5-3-15-4-6-16;;/h7-8,15H,3-6,9H2,1-2H3;2*1H. The van der Waals surface area contributed by atoms with Crippen LogP contribution in [0.25, 0.3) is 0 Å². The topological polar surface area (TPSA) is 33.7 Å². The Labute approximate surface area is 141 Å². The fourth-order valence-corrected chi connectivity index (χ4v) is 2.64. The van der Waals surface area contributed by atoms with Crippen LogP contribution in [0.5, 0.6) is 11.5 Å². The van der Waals surface area contributed by atoms with Crippen LogP contribution < -0.4 is 14.8 Å². The highest BCUT2D eigenvalue weighted by molar-refractivity contribution is 9.10. The summed E-state index contributed by atoms with van der Waals surface area (Å²) in [7, 11) is 3.39. The van der Waals surface area contributed by atoms with Crippen molar-refractivity contribution in [3.05, 3.63) is 22.2 Å². The molecule has 0 bridgehead atoms. The molecule has 1 aromatic rings. The van der Waals surface area contributed by atoms with Gasteiger partial charge in [-0.3, -0.25) is 4.90 Å². The van der Waals surface area contributed by atoms with E-state index in [4.69, 9.17) is 9.47 Å². The first-order chi connectivity index (χ1) is 8.74. The molecule has 0 spiro atoms. The molecule has 1 aromatic carbocycles. The Morgan fingerprint density at radius 3 is 2.25 bits per heavy atom. The highest BCUT2D eigenvalue weighted by atomic mass is 79.9. The normalized spacial score (nSPS) is 14.9. The molecule has 2 rings (SSSR count). The van der Waals surface area contributed by atoms with Crippen LogP contribution in [-0.2, 0) is 6.54 Å². The molecule has 0 unspecified atom stereocenters. The van der Waals surface area contributed by atoms with Crippen LogP contribution in [0.3, 0.4) is 0 Å². The Kier molecular flexibility index (Phi) is 9.59. The molecular formula is C13H21BrCl2N2O2. The summed E-state index contributed by atoms with van der Waals surface area (Å²) in [6, 6.07) is 4.02. The average molecular weight is 388 g/mol. The third-order valence-electron chi connectivity index (χ3n) is 3.16. The van der Waals surface area contributed by atoms with Crippen LogP contribution in [0.15, 0.2) is 16.6 Å². The first-order valence-corrected chi connectivity index (χ1v) is 6.87. The van der Waals surface area contributed by atoms with Gasteiger partial charge in [-0.15, -0.1) is 24.8 Å². The molecule has 1 heterocycles. The first-order valence-electron chi connectivity index (χ1n) is 6.08. The summed E-state index contributed by atoms with van der Waals surface area (Å²) in [5.41, 5.74) is 1.17. The molecule has 0 amide bonds. The predicted octanol–water partition coefficient (Wildman–Crippen LogP) is 2.72. The first kappa shape index (κ1) is 19.8. The van der Waals surface area contributed by atoms with Gasteiger partial charge in [0.2, 0.25) is 0 Å². The maximum Gasteiger partial charge on any atom is 0.133 e. The molecular weight excluding hydrogens is 367 g/mol. The predicted molar refractivity (Wildman–Crippen MR) is 89.9 cm³/mol. The average Bonchev–Trinajstić information content (AvgIpc) is 2.41. The lowest BCUT2D eigenvalue weighted by Gasteiger charge is -2.28. The van der Waals surface area contributed by atoms with Gasteiger partial charge in [-0.05, 0) is 28.1 Å².